The van der Waals surface area contributed by atoms with Crippen LogP contribution in [0.5, 0.6) is 0 Å². The minimum absolute atomic E-state index is 0.0425. The average molecular weight is 375 g/mol. The molecule has 0 fully saturated rings. The van der Waals surface area contributed by atoms with Crippen molar-refractivity contribution in [3.05, 3.63) is 49.6 Å². The van der Waals surface area contributed by atoms with Crippen LogP contribution in [0.2, 0.25) is 5.02 Å². The summed E-state index contributed by atoms with van der Waals surface area (Å²) in [7, 11) is 1.95. The lowest BCUT2D eigenvalue weighted by Crippen LogP contribution is -2.22. The SMILES string of the molecule is CN(Cc1csc(Br)c1)c1ccc(Cl)cc1C(N)=NO. The maximum Gasteiger partial charge on any atom is 0.172 e. The quantitative estimate of drug-likeness (QED) is 0.369. The van der Waals surface area contributed by atoms with Crippen LogP contribution >= 0.6 is 38.9 Å². The van der Waals surface area contributed by atoms with E-state index in [1.807, 2.05) is 18.0 Å². The van der Waals surface area contributed by atoms with Crippen molar-refractivity contribution in [1.82, 2.24) is 0 Å². The molecule has 0 radical (unpaired) electrons. The summed E-state index contributed by atoms with van der Waals surface area (Å²) < 4.78 is 1.09. The lowest BCUT2D eigenvalue weighted by atomic mass is 10.1. The van der Waals surface area contributed by atoms with Crippen LogP contribution in [0.15, 0.2) is 38.6 Å². The first-order valence-corrected chi connectivity index (χ1v) is 7.78. The largest absolute Gasteiger partial charge is 0.409 e. The standard InChI is InChI=1S/C13H13BrClN3OS/c1-18(6-8-4-12(14)20-7-8)11-3-2-9(15)5-10(11)13(16)17-19/h2-5,7,19H,6H2,1H3,(H2,16,17). The molecule has 0 aliphatic heterocycles. The van der Waals surface area contributed by atoms with Crippen LogP contribution in [0.4, 0.5) is 5.69 Å². The second-order valence-electron chi connectivity index (χ2n) is 4.26. The Morgan fingerprint density at radius 3 is 2.85 bits per heavy atom. The number of hydrogen-bond acceptors (Lipinski definition) is 4. The van der Waals surface area contributed by atoms with E-state index < -0.39 is 0 Å². The lowest BCUT2D eigenvalue weighted by Gasteiger charge is -2.21. The molecule has 0 saturated carbocycles. The zero-order valence-corrected chi connectivity index (χ0v) is 13.8. The van der Waals surface area contributed by atoms with E-state index >= 15 is 0 Å². The van der Waals surface area contributed by atoms with E-state index in [2.05, 4.69) is 32.5 Å². The summed E-state index contributed by atoms with van der Waals surface area (Å²) in [6.07, 6.45) is 0. The molecular formula is C13H13BrClN3OS. The third kappa shape index (κ3) is 3.45. The molecule has 2 aromatic rings. The van der Waals surface area contributed by atoms with Crippen LogP contribution in [0.25, 0.3) is 0 Å². The molecule has 7 heteroatoms. The van der Waals surface area contributed by atoms with Crippen LogP contribution in [0.3, 0.4) is 0 Å². The van der Waals surface area contributed by atoms with E-state index in [1.165, 1.54) is 5.56 Å². The molecule has 1 aromatic heterocycles. The number of hydrogen-bond donors (Lipinski definition) is 2. The molecule has 0 bridgehead atoms. The van der Waals surface area contributed by atoms with Gasteiger partial charge in [-0.25, -0.2) is 0 Å². The van der Waals surface area contributed by atoms with Crippen molar-refractivity contribution in [3.63, 3.8) is 0 Å². The molecule has 2 rings (SSSR count). The Balaban J connectivity index is 2.31. The lowest BCUT2D eigenvalue weighted by molar-refractivity contribution is 0.318. The van der Waals surface area contributed by atoms with E-state index in [4.69, 9.17) is 22.5 Å². The van der Waals surface area contributed by atoms with E-state index in [9.17, 15) is 0 Å². The molecule has 1 heterocycles. The van der Waals surface area contributed by atoms with Crippen molar-refractivity contribution in [2.24, 2.45) is 10.9 Å². The van der Waals surface area contributed by atoms with Gasteiger partial charge in [0, 0.05) is 29.9 Å². The van der Waals surface area contributed by atoms with Crippen molar-refractivity contribution in [2.45, 2.75) is 6.54 Å². The molecule has 0 aliphatic carbocycles. The van der Waals surface area contributed by atoms with E-state index in [0.29, 0.717) is 10.6 Å². The Morgan fingerprint density at radius 2 is 2.25 bits per heavy atom. The number of amidine groups is 1. The third-order valence-corrected chi connectivity index (χ3v) is 4.58. The zero-order valence-electron chi connectivity index (χ0n) is 10.7. The molecule has 0 unspecified atom stereocenters. The molecule has 0 aliphatic rings. The van der Waals surface area contributed by atoms with E-state index in [0.717, 1.165) is 16.0 Å². The second-order valence-corrected chi connectivity index (χ2v) is 6.99. The Morgan fingerprint density at radius 1 is 1.50 bits per heavy atom. The zero-order chi connectivity index (χ0) is 14.7. The van der Waals surface area contributed by atoms with Gasteiger partial charge in [-0.2, -0.15) is 0 Å². The smallest absolute Gasteiger partial charge is 0.172 e. The van der Waals surface area contributed by atoms with Gasteiger partial charge in [0.15, 0.2) is 5.84 Å². The summed E-state index contributed by atoms with van der Waals surface area (Å²) in [5, 5.41) is 14.6. The normalized spacial score (nSPS) is 11.7. The summed E-state index contributed by atoms with van der Waals surface area (Å²) in [5.74, 6) is 0.0425. The monoisotopic (exact) mass is 373 g/mol. The van der Waals surface area contributed by atoms with Gasteiger partial charge in [-0.15, -0.1) is 11.3 Å². The molecule has 106 valence electrons. The molecule has 0 spiro atoms. The highest BCUT2D eigenvalue weighted by atomic mass is 79.9. The van der Waals surface area contributed by atoms with Crippen LogP contribution < -0.4 is 10.6 Å². The van der Waals surface area contributed by atoms with Crippen molar-refractivity contribution >= 4 is 50.4 Å². The number of benzene rings is 1. The fourth-order valence-corrected chi connectivity index (χ4v) is 3.26. The molecule has 0 amide bonds. The maximum atomic E-state index is 8.88. The van der Waals surface area contributed by atoms with Crippen LogP contribution in [-0.2, 0) is 6.54 Å². The average Bonchev–Trinajstić information content (AvgIpc) is 2.82. The highest BCUT2D eigenvalue weighted by Crippen LogP contribution is 2.27. The molecule has 0 atom stereocenters. The minimum atomic E-state index is 0.0425. The van der Waals surface area contributed by atoms with Gasteiger partial charge in [0.25, 0.3) is 0 Å². The second kappa shape index (κ2) is 6.47. The molecular weight excluding hydrogens is 362 g/mol. The number of halogens is 2. The molecule has 0 saturated heterocycles. The van der Waals surface area contributed by atoms with Gasteiger partial charge in [0.1, 0.15) is 0 Å². The number of thiophene rings is 1. The van der Waals surface area contributed by atoms with Crippen LogP contribution in [-0.4, -0.2) is 18.1 Å². The predicted octanol–water partition coefficient (Wildman–Crippen LogP) is 3.89. The third-order valence-electron chi connectivity index (χ3n) is 2.80. The number of oxime groups is 1. The van der Waals surface area contributed by atoms with Crippen LogP contribution in [0.1, 0.15) is 11.1 Å². The van der Waals surface area contributed by atoms with Gasteiger partial charge in [0.05, 0.1) is 3.79 Å². The first-order chi connectivity index (χ1) is 9.51. The van der Waals surface area contributed by atoms with Gasteiger partial charge < -0.3 is 15.8 Å². The topological polar surface area (TPSA) is 61.8 Å². The number of rotatable bonds is 4. The first kappa shape index (κ1) is 15.2. The van der Waals surface area contributed by atoms with Crippen molar-refractivity contribution < 1.29 is 5.21 Å². The molecule has 20 heavy (non-hydrogen) atoms. The number of nitrogens with two attached hydrogens (primary N) is 1. The summed E-state index contributed by atoms with van der Waals surface area (Å²) in [6.45, 7) is 0.718. The van der Waals surface area contributed by atoms with Crippen molar-refractivity contribution in [2.75, 3.05) is 11.9 Å². The Bertz CT molecular complexity index is 644. The van der Waals surface area contributed by atoms with E-state index in [-0.39, 0.29) is 5.84 Å². The molecule has 3 N–H and O–H groups in total. The van der Waals surface area contributed by atoms with Gasteiger partial charge in [0.2, 0.25) is 0 Å². The highest BCUT2D eigenvalue weighted by molar-refractivity contribution is 9.11. The van der Waals surface area contributed by atoms with Gasteiger partial charge >= 0.3 is 0 Å². The van der Waals surface area contributed by atoms with Crippen molar-refractivity contribution in [3.8, 4) is 0 Å². The molecule has 1 aromatic carbocycles. The van der Waals surface area contributed by atoms with Gasteiger partial charge in [-0.1, -0.05) is 16.8 Å². The Kier molecular flexibility index (Phi) is 4.91. The number of anilines is 1. The Hall–Kier alpha value is -1.24. The fraction of sp³-hybridized carbons (Fsp3) is 0.154. The van der Waals surface area contributed by atoms with Crippen LogP contribution in [0, 0.1) is 0 Å². The summed E-state index contributed by atoms with van der Waals surface area (Å²) >= 11 is 11.1. The number of nitrogens with zero attached hydrogens (tertiary/aromatic N) is 2. The van der Waals surface area contributed by atoms with E-state index in [1.54, 1.807) is 23.5 Å². The summed E-state index contributed by atoms with van der Waals surface area (Å²) in [6, 6.07) is 7.40. The maximum absolute atomic E-state index is 8.88. The van der Waals surface area contributed by atoms with Gasteiger partial charge in [-0.3, -0.25) is 0 Å². The van der Waals surface area contributed by atoms with Crippen molar-refractivity contribution in [1.29, 1.82) is 0 Å². The minimum Gasteiger partial charge on any atom is -0.409 e. The highest BCUT2D eigenvalue weighted by Gasteiger charge is 2.13. The first-order valence-electron chi connectivity index (χ1n) is 5.72. The summed E-state index contributed by atoms with van der Waals surface area (Å²) in [5.41, 5.74) is 8.36. The fourth-order valence-electron chi connectivity index (χ4n) is 1.89. The predicted molar refractivity (Wildman–Crippen MR) is 88.1 cm³/mol. The Labute approximate surface area is 134 Å². The molecule has 4 nitrogen and oxygen atoms in total. The summed E-state index contributed by atoms with van der Waals surface area (Å²) in [4.78, 5) is 2.03. The van der Waals surface area contributed by atoms with Gasteiger partial charge in [-0.05, 0) is 51.1 Å².